The molecule has 0 heterocycles. The molecule has 0 fully saturated rings. The highest BCUT2D eigenvalue weighted by molar-refractivity contribution is 7.99. The van der Waals surface area contributed by atoms with Crippen LogP contribution < -0.4 is 5.32 Å². The summed E-state index contributed by atoms with van der Waals surface area (Å²) in [5.41, 5.74) is 4.50. The Morgan fingerprint density at radius 1 is 1.10 bits per heavy atom. The molecule has 1 aliphatic carbocycles. The smallest absolute Gasteiger partial charge is 0.0302 e. The predicted molar refractivity (Wildman–Crippen MR) is 91.1 cm³/mol. The monoisotopic (exact) mass is 297 g/mol. The van der Waals surface area contributed by atoms with Gasteiger partial charge < -0.3 is 5.32 Å². The summed E-state index contributed by atoms with van der Waals surface area (Å²) in [5.74, 6) is 0. The molecule has 1 unspecified atom stereocenters. The molecule has 110 valence electrons. The first kappa shape index (κ1) is 14.7. The van der Waals surface area contributed by atoms with Crippen molar-refractivity contribution in [2.45, 2.75) is 48.9 Å². The maximum atomic E-state index is 3.52. The Morgan fingerprint density at radius 3 is 2.76 bits per heavy atom. The molecule has 2 aromatic rings. The van der Waals surface area contributed by atoms with Crippen molar-refractivity contribution in [1.82, 2.24) is 5.32 Å². The summed E-state index contributed by atoms with van der Waals surface area (Å²) >= 11 is 1.89. The van der Waals surface area contributed by atoms with E-state index in [1.165, 1.54) is 34.6 Å². The van der Waals surface area contributed by atoms with Gasteiger partial charge in [0.1, 0.15) is 0 Å². The normalized spacial score (nSPS) is 15.0. The zero-order valence-corrected chi connectivity index (χ0v) is 13.7. The van der Waals surface area contributed by atoms with Crippen LogP contribution in [0.3, 0.4) is 0 Å². The fourth-order valence-electron chi connectivity index (χ4n) is 3.09. The average Bonchev–Trinajstić information content (AvgIpc) is 2.95. The van der Waals surface area contributed by atoms with Crippen molar-refractivity contribution in [3.8, 4) is 0 Å². The quantitative estimate of drug-likeness (QED) is 0.833. The Morgan fingerprint density at radius 2 is 1.90 bits per heavy atom. The molecule has 0 bridgehead atoms. The van der Waals surface area contributed by atoms with Gasteiger partial charge in [-0.1, -0.05) is 43.0 Å². The lowest BCUT2D eigenvalue weighted by Gasteiger charge is -2.17. The third kappa shape index (κ3) is 3.33. The lowest BCUT2D eigenvalue weighted by atomic mass is 10.1. The summed E-state index contributed by atoms with van der Waals surface area (Å²) in [6.45, 7) is 5.40. The molecule has 2 heteroatoms. The second-order valence-electron chi connectivity index (χ2n) is 5.70. The summed E-state index contributed by atoms with van der Waals surface area (Å²) in [6.07, 6.45) is 3.82. The molecular formula is C19H23NS. The number of rotatable bonds is 5. The van der Waals surface area contributed by atoms with E-state index >= 15 is 0 Å². The highest BCUT2D eigenvalue weighted by Crippen LogP contribution is 2.35. The topological polar surface area (TPSA) is 12.0 Å². The van der Waals surface area contributed by atoms with E-state index in [1.54, 1.807) is 11.1 Å². The van der Waals surface area contributed by atoms with Crippen molar-refractivity contribution < 1.29 is 0 Å². The van der Waals surface area contributed by atoms with E-state index in [1.807, 2.05) is 11.8 Å². The van der Waals surface area contributed by atoms with E-state index < -0.39 is 0 Å². The molecule has 0 aromatic heterocycles. The molecule has 0 radical (unpaired) electrons. The average molecular weight is 297 g/mol. The first-order valence-electron chi connectivity index (χ1n) is 7.90. The second-order valence-corrected chi connectivity index (χ2v) is 6.82. The minimum Gasteiger partial charge on any atom is -0.310 e. The molecule has 1 nitrogen and oxygen atoms in total. The lowest BCUT2D eigenvalue weighted by molar-refractivity contribution is 0.590. The molecule has 0 amide bonds. The summed E-state index contributed by atoms with van der Waals surface area (Å²) in [6, 6.07) is 16.1. The van der Waals surface area contributed by atoms with Crippen molar-refractivity contribution >= 4 is 11.8 Å². The zero-order chi connectivity index (χ0) is 14.7. The van der Waals surface area contributed by atoms with Crippen LogP contribution in [0, 0.1) is 0 Å². The van der Waals surface area contributed by atoms with Gasteiger partial charge in [0.15, 0.2) is 0 Å². The van der Waals surface area contributed by atoms with Crippen molar-refractivity contribution in [2.75, 3.05) is 6.54 Å². The van der Waals surface area contributed by atoms with Gasteiger partial charge in [0.25, 0.3) is 0 Å². The number of benzene rings is 2. The summed E-state index contributed by atoms with van der Waals surface area (Å²) in [4.78, 5) is 2.73. The van der Waals surface area contributed by atoms with Crippen LogP contribution in [-0.4, -0.2) is 6.54 Å². The van der Waals surface area contributed by atoms with Gasteiger partial charge in [-0.3, -0.25) is 0 Å². The maximum absolute atomic E-state index is 3.52. The van der Waals surface area contributed by atoms with Crippen LogP contribution >= 0.6 is 11.8 Å². The van der Waals surface area contributed by atoms with Crippen LogP contribution in [0.15, 0.2) is 52.3 Å². The fraction of sp³-hybridized carbons (Fsp3) is 0.368. The van der Waals surface area contributed by atoms with E-state index in [9.17, 15) is 0 Å². The van der Waals surface area contributed by atoms with Gasteiger partial charge in [0.05, 0.1) is 0 Å². The SMILES string of the molecule is CCNC(C)c1ccccc1Sc1ccc2c(c1)CCC2. The Labute approximate surface area is 132 Å². The number of fused-ring (bicyclic) bond motifs is 1. The Hall–Kier alpha value is -1.25. The standard InChI is InChI=1S/C19H23NS/c1-3-20-14(2)18-9-4-5-10-19(18)21-17-12-11-15-7-6-8-16(15)13-17/h4-5,9-14,20H,3,6-8H2,1-2H3. The van der Waals surface area contributed by atoms with Gasteiger partial charge >= 0.3 is 0 Å². The first-order valence-corrected chi connectivity index (χ1v) is 8.71. The second kappa shape index (κ2) is 6.67. The third-order valence-corrected chi connectivity index (χ3v) is 5.27. The van der Waals surface area contributed by atoms with Crippen molar-refractivity contribution in [2.24, 2.45) is 0 Å². The summed E-state index contributed by atoms with van der Waals surface area (Å²) in [5, 5.41) is 3.52. The van der Waals surface area contributed by atoms with Crippen LogP contribution in [0.25, 0.3) is 0 Å². The zero-order valence-electron chi connectivity index (χ0n) is 12.9. The van der Waals surface area contributed by atoms with Gasteiger partial charge in [-0.15, -0.1) is 0 Å². The maximum Gasteiger partial charge on any atom is 0.0302 e. The Bertz CT molecular complexity index is 621. The molecule has 0 spiro atoms. The molecule has 2 aromatic carbocycles. The van der Waals surface area contributed by atoms with Crippen molar-refractivity contribution in [3.63, 3.8) is 0 Å². The minimum atomic E-state index is 0.396. The highest BCUT2D eigenvalue weighted by atomic mass is 32.2. The highest BCUT2D eigenvalue weighted by Gasteiger charge is 2.13. The lowest BCUT2D eigenvalue weighted by Crippen LogP contribution is -2.18. The largest absolute Gasteiger partial charge is 0.310 e. The molecule has 1 aliphatic rings. The van der Waals surface area contributed by atoms with Gasteiger partial charge in [0.2, 0.25) is 0 Å². The Kier molecular flexibility index (Phi) is 4.67. The van der Waals surface area contributed by atoms with Crippen LogP contribution in [0.2, 0.25) is 0 Å². The minimum absolute atomic E-state index is 0.396. The molecule has 0 aliphatic heterocycles. The van der Waals surface area contributed by atoms with Crippen LogP contribution in [0.1, 0.15) is 43.0 Å². The predicted octanol–water partition coefficient (Wildman–Crippen LogP) is 5.00. The molecule has 0 saturated heterocycles. The van der Waals surface area contributed by atoms with Gasteiger partial charge in [-0.2, -0.15) is 0 Å². The fourth-order valence-corrected chi connectivity index (χ4v) is 4.19. The summed E-state index contributed by atoms with van der Waals surface area (Å²) < 4.78 is 0. The van der Waals surface area contributed by atoms with Crippen LogP contribution in [-0.2, 0) is 12.8 Å². The van der Waals surface area contributed by atoms with Gasteiger partial charge in [-0.05, 0) is 67.6 Å². The third-order valence-electron chi connectivity index (χ3n) is 4.19. The van der Waals surface area contributed by atoms with E-state index in [4.69, 9.17) is 0 Å². The van der Waals surface area contributed by atoms with Crippen molar-refractivity contribution in [1.29, 1.82) is 0 Å². The van der Waals surface area contributed by atoms with Crippen LogP contribution in [0.5, 0.6) is 0 Å². The molecule has 0 saturated carbocycles. The molecule has 1 N–H and O–H groups in total. The van der Waals surface area contributed by atoms with E-state index in [0.717, 1.165) is 6.54 Å². The van der Waals surface area contributed by atoms with E-state index in [0.29, 0.717) is 6.04 Å². The van der Waals surface area contributed by atoms with Crippen molar-refractivity contribution in [3.05, 3.63) is 59.2 Å². The number of aryl methyl sites for hydroxylation is 2. The molecule has 21 heavy (non-hydrogen) atoms. The Balaban J connectivity index is 1.84. The van der Waals surface area contributed by atoms with Gasteiger partial charge in [0, 0.05) is 15.8 Å². The molecular weight excluding hydrogens is 274 g/mol. The first-order chi connectivity index (χ1) is 10.3. The molecule has 3 rings (SSSR count). The van der Waals surface area contributed by atoms with E-state index in [-0.39, 0.29) is 0 Å². The number of nitrogens with one attached hydrogen (secondary N) is 1. The van der Waals surface area contributed by atoms with Gasteiger partial charge in [-0.25, -0.2) is 0 Å². The number of hydrogen-bond acceptors (Lipinski definition) is 2. The summed E-state index contributed by atoms with van der Waals surface area (Å²) in [7, 11) is 0. The van der Waals surface area contributed by atoms with E-state index in [2.05, 4.69) is 61.6 Å². The molecule has 1 atom stereocenters. The van der Waals surface area contributed by atoms with Crippen LogP contribution in [0.4, 0.5) is 0 Å². The number of hydrogen-bond donors (Lipinski definition) is 1.